The molecule has 5 nitrogen and oxygen atoms in total. The van der Waals surface area contributed by atoms with Crippen molar-refractivity contribution >= 4 is 41.5 Å². The number of benzene rings is 2. The Morgan fingerprint density at radius 3 is 2.77 bits per heavy atom. The van der Waals surface area contributed by atoms with E-state index in [2.05, 4.69) is 58.2 Å². The van der Waals surface area contributed by atoms with Crippen molar-refractivity contribution in [3.8, 4) is 0 Å². The van der Waals surface area contributed by atoms with E-state index in [0.29, 0.717) is 19.5 Å². The van der Waals surface area contributed by atoms with Crippen LogP contribution in [0.1, 0.15) is 29.0 Å². The van der Waals surface area contributed by atoms with E-state index in [1.165, 1.54) is 16.7 Å². The van der Waals surface area contributed by atoms with Crippen molar-refractivity contribution in [1.82, 2.24) is 10.6 Å². The molecule has 3 rings (SSSR count). The van der Waals surface area contributed by atoms with Gasteiger partial charge in [-0.25, -0.2) is 0 Å². The van der Waals surface area contributed by atoms with Crippen LogP contribution in [0, 0.1) is 6.92 Å². The van der Waals surface area contributed by atoms with E-state index in [1.54, 1.807) is 7.05 Å². The Bertz CT molecular complexity index is 791. The Hall–Kier alpha value is -2.09. The van der Waals surface area contributed by atoms with Gasteiger partial charge in [0.25, 0.3) is 0 Å². The van der Waals surface area contributed by atoms with Crippen LogP contribution in [0.2, 0.25) is 0 Å². The summed E-state index contributed by atoms with van der Waals surface area (Å²) in [6.45, 7) is 3.46. The summed E-state index contributed by atoms with van der Waals surface area (Å²) in [5.74, 6) is 0.945. The van der Waals surface area contributed by atoms with Crippen LogP contribution in [0.3, 0.4) is 0 Å². The molecule has 0 spiro atoms. The van der Waals surface area contributed by atoms with Crippen LogP contribution in [0.15, 0.2) is 53.5 Å². The normalized spacial score (nSPS) is 16.2. The first kappa shape index (κ1) is 20.2. The molecule has 0 fully saturated rings. The van der Waals surface area contributed by atoms with Crippen molar-refractivity contribution in [2.45, 2.75) is 25.8 Å². The fourth-order valence-corrected chi connectivity index (χ4v) is 3.13. The minimum atomic E-state index is 0. The highest BCUT2D eigenvalue weighted by atomic mass is 127. The number of rotatable bonds is 4. The monoisotopic (exact) mass is 464 g/mol. The number of fused-ring (bicyclic) bond motifs is 1. The predicted octanol–water partition coefficient (Wildman–Crippen LogP) is 3.40. The number of carbonyl (C=O) groups is 1. The number of guanidine groups is 1. The van der Waals surface area contributed by atoms with Crippen LogP contribution in [-0.4, -0.2) is 25.5 Å². The number of anilines is 1. The van der Waals surface area contributed by atoms with Crippen molar-refractivity contribution in [3.63, 3.8) is 0 Å². The van der Waals surface area contributed by atoms with Gasteiger partial charge < -0.3 is 16.0 Å². The Labute approximate surface area is 171 Å². The number of aliphatic imine (C=N–C) groups is 1. The molecule has 1 aliphatic rings. The van der Waals surface area contributed by atoms with E-state index in [4.69, 9.17) is 0 Å². The van der Waals surface area contributed by atoms with Crippen LogP contribution in [0.4, 0.5) is 5.69 Å². The smallest absolute Gasteiger partial charge is 0.225 e. The zero-order valence-corrected chi connectivity index (χ0v) is 17.4. The fourth-order valence-electron chi connectivity index (χ4n) is 3.13. The van der Waals surface area contributed by atoms with Gasteiger partial charge in [-0.15, -0.1) is 24.0 Å². The molecule has 0 saturated carbocycles. The van der Waals surface area contributed by atoms with E-state index in [-0.39, 0.29) is 35.8 Å². The molecule has 0 bridgehead atoms. The molecular formula is C20H25IN4O. The number of para-hydroxylation sites is 1. The van der Waals surface area contributed by atoms with Gasteiger partial charge in [0.05, 0.1) is 0 Å². The molecule has 3 N–H and O–H groups in total. The maximum Gasteiger partial charge on any atom is 0.225 e. The second-order valence-corrected chi connectivity index (χ2v) is 6.33. The number of hydrogen-bond acceptors (Lipinski definition) is 2. The third-order valence-corrected chi connectivity index (χ3v) is 4.39. The van der Waals surface area contributed by atoms with Crippen LogP contribution in [0.25, 0.3) is 0 Å². The Kier molecular flexibility index (Phi) is 7.44. The molecule has 0 aromatic heterocycles. The van der Waals surface area contributed by atoms with Crippen molar-refractivity contribution < 1.29 is 4.79 Å². The number of hydrogen-bond donors (Lipinski definition) is 3. The van der Waals surface area contributed by atoms with E-state index >= 15 is 0 Å². The lowest BCUT2D eigenvalue weighted by Gasteiger charge is -2.26. The molecule has 1 unspecified atom stereocenters. The molecule has 0 radical (unpaired) electrons. The first-order valence-electron chi connectivity index (χ1n) is 8.54. The summed E-state index contributed by atoms with van der Waals surface area (Å²) in [6.07, 6.45) is 0.485. The highest BCUT2D eigenvalue weighted by molar-refractivity contribution is 14.0. The number of nitrogens with one attached hydrogen (secondary N) is 3. The number of amides is 1. The highest BCUT2D eigenvalue weighted by Crippen LogP contribution is 2.31. The minimum absolute atomic E-state index is 0. The summed E-state index contributed by atoms with van der Waals surface area (Å²) in [5, 5.41) is 9.60. The van der Waals surface area contributed by atoms with E-state index in [9.17, 15) is 4.79 Å². The van der Waals surface area contributed by atoms with Crippen LogP contribution in [0.5, 0.6) is 0 Å². The van der Waals surface area contributed by atoms with Crippen molar-refractivity contribution in [2.24, 2.45) is 4.99 Å². The molecule has 0 aliphatic carbocycles. The molecule has 0 saturated heterocycles. The van der Waals surface area contributed by atoms with Gasteiger partial charge in [0.15, 0.2) is 5.96 Å². The topological polar surface area (TPSA) is 65.5 Å². The zero-order chi connectivity index (χ0) is 17.6. The Balaban J connectivity index is 0.00000243. The number of nitrogens with zero attached hydrogens (tertiary/aromatic N) is 1. The molecule has 138 valence electrons. The average molecular weight is 464 g/mol. The average Bonchev–Trinajstić information content (AvgIpc) is 2.61. The van der Waals surface area contributed by atoms with Crippen LogP contribution < -0.4 is 16.0 Å². The minimum Gasteiger partial charge on any atom is -0.356 e. The maximum absolute atomic E-state index is 11.9. The summed E-state index contributed by atoms with van der Waals surface area (Å²) in [4.78, 5) is 16.2. The maximum atomic E-state index is 11.9. The number of halogens is 1. The van der Waals surface area contributed by atoms with Gasteiger partial charge >= 0.3 is 0 Å². The van der Waals surface area contributed by atoms with Crippen LogP contribution in [-0.2, 0) is 11.3 Å². The first-order chi connectivity index (χ1) is 12.2. The zero-order valence-electron chi connectivity index (χ0n) is 15.1. The number of aryl methyl sites for hydroxylation is 1. The predicted molar refractivity (Wildman–Crippen MR) is 117 cm³/mol. The number of carbonyl (C=O) groups excluding carboxylic acids is 1. The van der Waals surface area contributed by atoms with Crippen LogP contribution >= 0.6 is 24.0 Å². The van der Waals surface area contributed by atoms with E-state index < -0.39 is 0 Å². The van der Waals surface area contributed by atoms with Crippen molar-refractivity contribution in [1.29, 1.82) is 0 Å². The molecule has 1 aliphatic heterocycles. The van der Waals surface area contributed by atoms with Gasteiger partial charge in [0.2, 0.25) is 5.91 Å². The summed E-state index contributed by atoms with van der Waals surface area (Å²) >= 11 is 0. The lowest BCUT2D eigenvalue weighted by atomic mass is 9.90. The summed E-state index contributed by atoms with van der Waals surface area (Å²) < 4.78 is 0. The lowest BCUT2D eigenvalue weighted by molar-refractivity contribution is -0.116. The highest BCUT2D eigenvalue weighted by Gasteiger charge is 2.24. The second-order valence-electron chi connectivity index (χ2n) is 6.33. The van der Waals surface area contributed by atoms with Gasteiger partial charge in [-0.1, -0.05) is 48.0 Å². The Morgan fingerprint density at radius 1 is 1.19 bits per heavy atom. The SMILES string of the molecule is CN=C(NCc1cccc(C)c1)NCC1CC(=O)Nc2ccccc21.I. The first-order valence-corrected chi connectivity index (χ1v) is 8.54. The summed E-state index contributed by atoms with van der Waals surface area (Å²) in [5.41, 5.74) is 4.54. The standard InChI is InChI=1S/C20H24N4O.HI/c1-14-6-5-7-15(10-14)12-22-20(21-2)23-13-16-11-19(25)24-18-9-4-3-8-17(16)18;/h3-10,16H,11-13H2,1-2H3,(H,24,25)(H2,21,22,23);1H. The third kappa shape index (κ3) is 5.20. The van der Waals surface area contributed by atoms with Crippen molar-refractivity contribution in [2.75, 3.05) is 18.9 Å². The summed E-state index contributed by atoms with van der Waals surface area (Å²) in [7, 11) is 1.76. The van der Waals surface area contributed by atoms with E-state index in [1.807, 2.05) is 18.2 Å². The lowest BCUT2D eigenvalue weighted by Crippen LogP contribution is -2.40. The molecule has 6 heteroatoms. The van der Waals surface area contributed by atoms with Gasteiger partial charge in [-0.2, -0.15) is 0 Å². The quantitative estimate of drug-likeness (QED) is 0.369. The Morgan fingerprint density at radius 2 is 2.00 bits per heavy atom. The van der Waals surface area contributed by atoms with Gasteiger partial charge in [0.1, 0.15) is 0 Å². The summed E-state index contributed by atoms with van der Waals surface area (Å²) in [6, 6.07) is 16.4. The molecule has 1 amide bonds. The molecule has 1 heterocycles. The van der Waals surface area contributed by atoms with Crippen molar-refractivity contribution in [3.05, 3.63) is 65.2 Å². The molecular weight excluding hydrogens is 439 g/mol. The fraction of sp³-hybridized carbons (Fsp3) is 0.300. The molecule has 2 aromatic rings. The second kappa shape index (κ2) is 9.56. The van der Waals surface area contributed by atoms with Gasteiger partial charge in [-0.3, -0.25) is 9.79 Å². The molecule has 2 aromatic carbocycles. The largest absolute Gasteiger partial charge is 0.356 e. The molecule has 26 heavy (non-hydrogen) atoms. The van der Waals surface area contributed by atoms with E-state index in [0.717, 1.165) is 11.6 Å². The molecule has 1 atom stereocenters. The van der Waals surface area contributed by atoms with Gasteiger partial charge in [0, 0.05) is 38.2 Å². The van der Waals surface area contributed by atoms with Gasteiger partial charge in [-0.05, 0) is 24.1 Å². The third-order valence-electron chi connectivity index (χ3n) is 4.39.